The smallest absolute Gasteiger partial charge is 0.241 e. The van der Waals surface area contributed by atoms with E-state index in [-0.39, 0.29) is 12.5 Å². The van der Waals surface area contributed by atoms with Gasteiger partial charge in [-0.05, 0) is 17.7 Å². The Morgan fingerprint density at radius 2 is 1.67 bits per heavy atom. The van der Waals surface area contributed by atoms with Crippen LogP contribution in [0.4, 0.5) is 0 Å². The van der Waals surface area contributed by atoms with Crippen molar-refractivity contribution in [1.82, 2.24) is 15.5 Å². The number of carbonyl (C=O) groups excluding carboxylic acids is 1. The molecule has 0 saturated heterocycles. The third kappa shape index (κ3) is 7.22. The summed E-state index contributed by atoms with van der Waals surface area (Å²) >= 11 is 0. The number of nitrogens with zero attached hydrogens (tertiary/aromatic N) is 2. The van der Waals surface area contributed by atoms with Crippen molar-refractivity contribution in [2.45, 2.75) is 6.54 Å². The summed E-state index contributed by atoms with van der Waals surface area (Å²) in [4.78, 5) is 17.8. The number of rotatable bonds is 10. The van der Waals surface area contributed by atoms with E-state index in [9.17, 15) is 4.79 Å². The molecule has 0 aliphatic rings. The van der Waals surface area contributed by atoms with Gasteiger partial charge in [0.15, 0.2) is 17.5 Å². The van der Waals surface area contributed by atoms with Crippen molar-refractivity contribution in [3.63, 3.8) is 0 Å². The van der Waals surface area contributed by atoms with Crippen LogP contribution in [0.1, 0.15) is 5.56 Å². The highest BCUT2D eigenvalue weighted by atomic mass is 16.5. The van der Waals surface area contributed by atoms with Gasteiger partial charge in [0.2, 0.25) is 11.7 Å². The summed E-state index contributed by atoms with van der Waals surface area (Å²) in [6.07, 6.45) is 0. The van der Waals surface area contributed by atoms with Gasteiger partial charge in [-0.2, -0.15) is 0 Å². The van der Waals surface area contributed by atoms with E-state index in [1.165, 1.54) is 4.90 Å². The van der Waals surface area contributed by atoms with Crippen LogP contribution >= 0.6 is 0 Å². The van der Waals surface area contributed by atoms with E-state index in [1.807, 2.05) is 12.1 Å². The molecule has 2 N–H and O–H groups in total. The molecule has 0 aromatic heterocycles. The van der Waals surface area contributed by atoms with E-state index in [0.717, 1.165) is 5.56 Å². The highest BCUT2D eigenvalue weighted by molar-refractivity contribution is 5.86. The molecule has 0 radical (unpaired) electrons. The molecule has 9 nitrogen and oxygen atoms in total. The molecule has 0 aliphatic heterocycles. The molecular formula is C18H30N4O5. The average Bonchev–Trinajstić information content (AvgIpc) is 2.68. The summed E-state index contributed by atoms with van der Waals surface area (Å²) in [5, 5.41) is 6.14. The number of likely N-dealkylation sites (N-methyl/N-ethyl adjacent to an activating group) is 1. The monoisotopic (exact) mass is 382 g/mol. The van der Waals surface area contributed by atoms with Gasteiger partial charge < -0.3 is 34.5 Å². The molecule has 0 aliphatic carbocycles. The first-order valence-corrected chi connectivity index (χ1v) is 8.46. The molecule has 0 atom stereocenters. The highest BCUT2D eigenvalue weighted by Crippen LogP contribution is 2.38. The van der Waals surface area contributed by atoms with E-state index in [4.69, 9.17) is 18.9 Å². The van der Waals surface area contributed by atoms with Crippen LogP contribution in [0, 0.1) is 0 Å². The number of benzene rings is 1. The van der Waals surface area contributed by atoms with Crippen molar-refractivity contribution < 1.29 is 23.7 Å². The van der Waals surface area contributed by atoms with Gasteiger partial charge in [-0.3, -0.25) is 4.79 Å². The van der Waals surface area contributed by atoms with E-state index in [2.05, 4.69) is 15.6 Å². The Hall–Kier alpha value is -2.68. The molecule has 1 rings (SSSR count). The fourth-order valence-electron chi connectivity index (χ4n) is 2.16. The number of aliphatic imine (C=N–C) groups is 1. The molecule has 0 bridgehead atoms. The number of ether oxygens (including phenoxy) is 4. The molecule has 1 aromatic carbocycles. The van der Waals surface area contributed by atoms with Crippen molar-refractivity contribution in [2.24, 2.45) is 4.99 Å². The molecule has 0 unspecified atom stereocenters. The number of amides is 1. The maximum atomic E-state index is 11.8. The van der Waals surface area contributed by atoms with Crippen molar-refractivity contribution in [3.8, 4) is 17.2 Å². The second-order valence-electron chi connectivity index (χ2n) is 5.76. The van der Waals surface area contributed by atoms with Crippen LogP contribution in [-0.4, -0.2) is 79.0 Å². The fourth-order valence-corrected chi connectivity index (χ4v) is 2.16. The SMILES string of the molecule is COCCNC(=NCc1cc(OC)c(OC)c(OC)c1)NCC(=O)N(C)C. The van der Waals surface area contributed by atoms with Gasteiger partial charge in [0, 0.05) is 27.7 Å². The van der Waals surface area contributed by atoms with Gasteiger partial charge in [-0.1, -0.05) is 0 Å². The van der Waals surface area contributed by atoms with Gasteiger partial charge in [-0.15, -0.1) is 0 Å². The third-order valence-electron chi connectivity index (χ3n) is 3.65. The lowest BCUT2D eigenvalue weighted by atomic mass is 10.2. The molecule has 1 amide bonds. The lowest BCUT2D eigenvalue weighted by Gasteiger charge is -2.16. The fraction of sp³-hybridized carbons (Fsp3) is 0.556. The van der Waals surface area contributed by atoms with Crippen LogP contribution in [0.25, 0.3) is 0 Å². The number of hydrogen-bond acceptors (Lipinski definition) is 6. The van der Waals surface area contributed by atoms with Crippen LogP contribution in [0.2, 0.25) is 0 Å². The lowest BCUT2D eigenvalue weighted by molar-refractivity contribution is -0.127. The first-order chi connectivity index (χ1) is 13.0. The lowest BCUT2D eigenvalue weighted by Crippen LogP contribution is -2.43. The first-order valence-electron chi connectivity index (χ1n) is 8.46. The van der Waals surface area contributed by atoms with Crippen LogP contribution in [0.15, 0.2) is 17.1 Å². The highest BCUT2D eigenvalue weighted by Gasteiger charge is 2.13. The van der Waals surface area contributed by atoms with Gasteiger partial charge >= 0.3 is 0 Å². The van der Waals surface area contributed by atoms with Crippen LogP contribution in [0.3, 0.4) is 0 Å². The van der Waals surface area contributed by atoms with Crippen molar-refractivity contribution in [2.75, 3.05) is 62.2 Å². The van der Waals surface area contributed by atoms with Crippen LogP contribution in [0.5, 0.6) is 17.2 Å². The van der Waals surface area contributed by atoms with Gasteiger partial charge in [-0.25, -0.2) is 4.99 Å². The molecule has 0 heterocycles. The summed E-state index contributed by atoms with van der Waals surface area (Å²) in [7, 11) is 9.72. The van der Waals surface area contributed by atoms with Crippen LogP contribution < -0.4 is 24.8 Å². The molecule has 0 saturated carbocycles. The maximum absolute atomic E-state index is 11.8. The Morgan fingerprint density at radius 1 is 1.04 bits per heavy atom. The standard InChI is InChI=1S/C18H30N4O5/c1-22(2)16(23)12-21-18(19-7-8-24-3)20-11-13-9-14(25-4)17(27-6)15(10-13)26-5/h9-10H,7-8,11-12H2,1-6H3,(H2,19,20,21). The number of nitrogens with one attached hydrogen (secondary N) is 2. The van der Waals surface area contributed by atoms with E-state index in [0.29, 0.717) is 42.9 Å². The minimum absolute atomic E-state index is 0.0518. The Morgan fingerprint density at radius 3 is 2.15 bits per heavy atom. The third-order valence-corrected chi connectivity index (χ3v) is 3.65. The van der Waals surface area contributed by atoms with Crippen molar-refractivity contribution in [3.05, 3.63) is 17.7 Å². The maximum Gasteiger partial charge on any atom is 0.241 e. The van der Waals surface area contributed by atoms with Crippen molar-refractivity contribution in [1.29, 1.82) is 0 Å². The largest absolute Gasteiger partial charge is 0.493 e. The Balaban J connectivity index is 2.94. The molecule has 152 valence electrons. The van der Waals surface area contributed by atoms with Gasteiger partial charge in [0.1, 0.15) is 0 Å². The van der Waals surface area contributed by atoms with E-state index in [1.54, 1.807) is 42.5 Å². The Bertz CT molecular complexity index is 609. The average molecular weight is 382 g/mol. The van der Waals surface area contributed by atoms with Crippen LogP contribution in [-0.2, 0) is 16.1 Å². The molecular weight excluding hydrogens is 352 g/mol. The van der Waals surface area contributed by atoms with E-state index < -0.39 is 0 Å². The topological polar surface area (TPSA) is 93.6 Å². The summed E-state index contributed by atoms with van der Waals surface area (Å²) in [5.74, 6) is 2.11. The van der Waals surface area contributed by atoms with Crippen molar-refractivity contribution >= 4 is 11.9 Å². The molecule has 9 heteroatoms. The van der Waals surface area contributed by atoms with E-state index >= 15 is 0 Å². The Kier molecular flexibility index (Phi) is 9.81. The second-order valence-corrected chi connectivity index (χ2v) is 5.76. The quantitative estimate of drug-likeness (QED) is 0.345. The van der Waals surface area contributed by atoms with Gasteiger partial charge in [0.25, 0.3) is 0 Å². The predicted molar refractivity (Wildman–Crippen MR) is 104 cm³/mol. The summed E-state index contributed by atoms with van der Waals surface area (Å²) in [5.41, 5.74) is 0.872. The number of guanidine groups is 1. The number of hydrogen-bond donors (Lipinski definition) is 2. The minimum atomic E-state index is -0.0518. The van der Waals surface area contributed by atoms with Gasteiger partial charge in [0.05, 0.1) is 41.0 Å². The zero-order chi connectivity index (χ0) is 20.2. The predicted octanol–water partition coefficient (Wildman–Crippen LogP) is 0.482. The molecule has 27 heavy (non-hydrogen) atoms. The normalized spacial score (nSPS) is 11.0. The summed E-state index contributed by atoms with van der Waals surface area (Å²) in [6.45, 7) is 1.58. The number of carbonyl (C=O) groups is 1. The zero-order valence-corrected chi connectivity index (χ0v) is 16.9. The summed E-state index contributed by atoms with van der Waals surface area (Å²) in [6, 6.07) is 3.67. The minimum Gasteiger partial charge on any atom is -0.493 e. The molecule has 1 aromatic rings. The second kappa shape index (κ2) is 11.8. The summed E-state index contributed by atoms with van der Waals surface area (Å²) < 4.78 is 21.1. The first kappa shape index (κ1) is 22.4. The molecule has 0 fully saturated rings. The molecule has 0 spiro atoms. The number of methoxy groups -OCH3 is 4. The Labute approximate surface area is 160 Å². The zero-order valence-electron chi connectivity index (χ0n) is 16.9.